The van der Waals surface area contributed by atoms with Crippen LogP contribution >= 0.6 is 31.9 Å². The zero-order chi connectivity index (χ0) is 14.0. The predicted octanol–water partition coefficient (Wildman–Crippen LogP) is 2.25. The average Bonchev–Trinajstić information content (AvgIpc) is 2.27. The Balaban J connectivity index is 2.29. The molecule has 1 aliphatic rings. The van der Waals surface area contributed by atoms with Crippen LogP contribution in [-0.2, 0) is 14.8 Å². The van der Waals surface area contributed by atoms with E-state index in [4.69, 9.17) is 10.5 Å². The molecule has 5 nitrogen and oxygen atoms in total. The van der Waals surface area contributed by atoms with Crippen LogP contribution in [0.3, 0.4) is 0 Å². The highest BCUT2D eigenvalue weighted by Crippen LogP contribution is 2.32. The number of hydrogen-bond donors (Lipinski definition) is 2. The fourth-order valence-corrected chi connectivity index (χ4v) is 5.85. The van der Waals surface area contributed by atoms with Gasteiger partial charge in [-0.15, -0.1) is 0 Å². The molecule has 0 aliphatic carbocycles. The number of nitrogens with two attached hydrogens (primary N) is 1. The molecule has 3 N–H and O–H groups in total. The lowest BCUT2D eigenvalue weighted by molar-refractivity contribution is 0.0832. The van der Waals surface area contributed by atoms with Crippen molar-refractivity contribution in [3.63, 3.8) is 0 Å². The van der Waals surface area contributed by atoms with Crippen molar-refractivity contribution in [2.75, 3.05) is 18.9 Å². The fraction of sp³-hybridized carbons (Fsp3) is 0.455. The maximum Gasteiger partial charge on any atom is 0.243 e. The number of sulfonamides is 1. The summed E-state index contributed by atoms with van der Waals surface area (Å²) in [6.45, 7) is 1.16. The second-order valence-corrected chi connectivity index (χ2v) is 7.68. The van der Waals surface area contributed by atoms with Crippen molar-refractivity contribution < 1.29 is 13.2 Å². The van der Waals surface area contributed by atoms with Gasteiger partial charge in [0, 0.05) is 33.9 Å². The molecular formula is C11H14Br2N2O3S. The lowest BCUT2D eigenvalue weighted by Gasteiger charge is -2.23. The van der Waals surface area contributed by atoms with Crippen LogP contribution in [0.5, 0.6) is 0 Å². The van der Waals surface area contributed by atoms with E-state index in [2.05, 4.69) is 36.6 Å². The van der Waals surface area contributed by atoms with E-state index >= 15 is 0 Å². The maximum atomic E-state index is 12.4. The van der Waals surface area contributed by atoms with Gasteiger partial charge in [0.25, 0.3) is 0 Å². The second kappa shape index (κ2) is 6.09. The van der Waals surface area contributed by atoms with E-state index in [-0.39, 0.29) is 10.9 Å². The molecule has 0 bridgehead atoms. The first-order valence-electron chi connectivity index (χ1n) is 5.75. The van der Waals surface area contributed by atoms with Crippen molar-refractivity contribution in [3.8, 4) is 0 Å². The summed E-state index contributed by atoms with van der Waals surface area (Å²) < 4.78 is 33.6. The Morgan fingerprint density at radius 3 is 2.26 bits per heavy atom. The standard InChI is InChI=1S/C11H14Br2N2O3S/c12-9-5-7(14)6-10(13)11(9)19(16,17)15-8-1-3-18-4-2-8/h5-6,8,15H,1-4,14H2. The van der Waals surface area contributed by atoms with E-state index in [1.54, 1.807) is 12.1 Å². The molecule has 2 rings (SSSR count). The summed E-state index contributed by atoms with van der Waals surface area (Å²) in [5.74, 6) is 0. The van der Waals surface area contributed by atoms with Gasteiger partial charge in [0.05, 0.1) is 0 Å². The molecule has 0 radical (unpaired) electrons. The molecule has 1 aliphatic heterocycles. The second-order valence-electron chi connectivity index (χ2n) is 4.32. The number of ether oxygens (including phenoxy) is 1. The van der Waals surface area contributed by atoms with Crippen LogP contribution in [0.4, 0.5) is 5.69 Å². The third-order valence-corrected chi connectivity index (χ3v) is 6.23. The Morgan fingerprint density at radius 1 is 1.21 bits per heavy atom. The van der Waals surface area contributed by atoms with E-state index in [1.807, 2.05) is 0 Å². The monoisotopic (exact) mass is 412 g/mol. The van der Waals surface area contributed by atoms with Gasteiger partial charge >= 0.3 is 0 Å². The van der Waals surface area contributed by atoms with Gasteiger partial charge < -0.3 is 10.5 Å². The van der Waals surface area contributed by atoms with Crippen LogP contribution in [0.2, 0.25) is 0 Å². The fourth-order valence-electron chi connectivity index (χ4n) is 1.93. The summed E-state index contributed by atoms with van der Waals surface area (Å²) >= 11 is 6.49. The number of nitrogens with one attached hydrogen (secondary N) is 1. The quantitative estimate of drug-likeness (QED) is 0.744. The largest absolute Gasteiger partial charge is 0.399 e. The Morgan fingerprint density at radius 2 is 1.74 bits per heavy atom. The van der Waals surface area contributed by atoms with Crippen LogP contribution < -0.4 is 10.5 Å². The highest BCUT2D eigenvalue weighted by molar-refractivity contribution is 9.11. The molecule has 106 valence electrons. The van der Waals surface area contributed by atoms with Gasteiger partial charge in [0.2, 0.25) is 10.0 Å². The van der Waals surface area contributed by atoms with Crippen molar-refractivity contribution in [2.24, 2.45) is 0 Å². The van der Waals surface area contributed by atoms with E-state index in [0.29, 0.717) is 40.7 Å². The molecule has 1 saturated heterocycles. The first-order valence-corrected chi connectivity index (χ1v) is 8.81. The number of benzene rings is 1. The molecule has 1 fully saturated rings. The molecule has 0 aromatic heterocycles. The number of rotatable bonds is 3. The molecule has 19 heavy (non-hydrogen) atoms. The molecule has 1 aromatic carbocycles. The highest BCUT2D eigenvalue weighted by Gasteiger charge is 2.26. The van der Waals surface area contributed by atoms with Crippen molar-refractivity contribution >= 4 is 47.6 Å². The van der Waals surface area contributed by atoms with Crippen LogP contribution in [0.1, 0.15) is 12.8 Å². The van der Waals surface area contributed by atoms with E-state index in [0.717, 1.165) is 0 Å². The van der Waals surface area contributed by atoms with Crippen molar-refractivity contribution in [1.82, 2.24) is 4.72 Å². The lowest BCUT2D eigenvalue weighted by Crippen LogP contribution is -2.39. The minimum absolute atomic E-state index is 0.0879. The normalized spacial score (nSPS) is 17.6. The van der Waals surface area contributed by atoms with Gasteiger partial charge in [0.1, 0.15) is 4.90 Å². The summed E-state index contributed by atoms with van der Waals surface area (Å²) in [6, 6.07) is 3.06. The molecular weight excluding hydrogens is 400 g/mol. The number of anilines is 1. The van der Waals surface area contributed by atoms with Gasteiger partial charge in [-0.2, -0.15) is 0 Å². The Kier molecular flexibility index (Phi) is 4.88. The van der Waals surface area contributed by atoms with Crippen molar-refractivity contribution in [2.45, 2.75) is 23.8 Å². The van der Waals surface area contributed by atoms with Gasteiger partial charge in [-0.1, -0.05) is 0 Å². The van der Waals surface area contributed by atoms with Crippen molar-refractivity contribution in [1.29, 1.82) is 0 Å². The average molecular weight is 414 g/mol. The minimum Gasteiger partial charge on any atom is -0.399 e. The molecule has 0 saturated carbocycles. The topological polar surface area (TPSA) is 81.4 Å². The van der Waals surface area contributed by atoms with E-state index < -0.39 is 10.0 Å². The molecule has 0 spiro atoms. The Bertz CT molecular complexity index is 548. The van der Waals surface area contributed by atoms with E-state index in [1.165, 1.54) is 0 Å². The number of hydrogen-bond acceptors (Lipinski definition) is 4. The summed E-state index contributed by atoms with van der Waals surface area (Å²) in [4.78, 5) is 0.174. The molecule has 0 unspecified atom stereocenters. The van der Waals surface area contributed by atoms with Gasteiger partial charge in [-0.3, -0.25) is 0 Å². The maximum absolute atomic E-state index is 12.4. The molecule has 8 heteroatoms. The number of nitrogen functional groups attached to an aromatic ring is 1. The van der Waals surface area contributed by atoms with E-state index in [9.17, 15) is 8.42 Å². The van der Waals surface area contributed by atoms with Gasteiger partial charge in [-0.05, 0) is 56.8 Å². The first-order chi connectivity index (χ1) is 8.90. The lowest BCUT2D eigenvalue weighted by atomic mass is 10.1. The van der Waals surface area contributed by atoms with Crippen molar-refractivity contribution in [3.05, 3.63) is 21.1 Å². The molecule has 0 atom stereocenters. The Labute approximate surface area is 129 Å². The third kappa shape index (κ3) is 3.69. The van der Waals surface area contributed by atoms with Crippen LogP contribution in [0.25, 0.3) is 0 Å². The van der Waals surface area contributed by atoms with Crippen LogP contribution in [-0.4, -0.2) is 27.7 Å². The van der Waals surface area contributed by atoms with Crippen LogP contribution in [0, 0.1) is 0 Å². The summed E-state index contributed by atoms with van der Waals surface area (Å²) in [5, 5.41) is 0. The minimum atomic E-state index is -3.59. The summed E-state index contributed by atoms with van der Waals surface area (Å²) in [5.41, 5.74) is 6.15. The molecule has 1 aromatic rings. The molecule has 0 amide bonds. The highest BCUT2D eigenvalue weighted by atomic mass is 79.9. The summed E-state index contributed by atoms with van der Waals surface area (Å²) in [6.07, 6.45) is 1.37. The SMILES string of the molecule is Nc1cc(Br)c(S(=O)(=O)NC2CCOCC2)c(Br)c1. The predicted molar refractivity (Wildman–Crippen MR) is 80.4 cm³/mol. The zero-order valence-corrected chi connectivity index (χ0v) is 14.0. The van der Waals surface area contributed by atoms with Crippen LogP contribution in [0.15, 0.2) is 26.0 Å². The third-order valence-electron chi connectivity index (χ3n) is 2.83. The number of halogens is 2. The smallest absolute Gasteiger partial charge is 0.243 e. The zero-order valence-electron chi connectivity index (χ0n) is 10.0. The summed E-state index contributed by atoms with van der Waals surface area (Å²) in [7, 11) is -3.59. The Hall–Kier alpha value is -0.150. The van der Waals surface area contributed by atoms with Gasteiger partial charge in [0.15, 0.2) is 0 Å². The first kappa shape index (κ1) is 15.2. The molecule has 1 heterocycles. The van der Waals surface area contributed by atoms with Gasteiger partial charge in [-0.25, -0.2) is 13.1 Å².